The SMILES string of the molecule is C=C(C)C(CCC(C)C1CCC2(C)C3CCC4C(C)(C(=O)O)C(O)CC(O)C45CC35CCC12C)OO. The molecule has 0 heterocycles. The Hall–Kier alpha value is -0.950. The minimum absolute atomic E-state index is 0.00828. The summed E-state index contributed by atoms with van der Waals surface area (Å²) >= 11 is 0. The molecule has 204 valence electrons. The first-order chi connectivity index (χ1) is 16.8. The van der Waals surface area contributed by atoms with Crippen molar-refractivity contribution in [1.29, 1.82) is 0 Å². The van der Waals surface area contributed by atoms with Crippen molar-refractivity contribution >= 4 is 5.97 Å². The second-order valence-corrected chi connectivity index (χ2v) is 14.4. The van der Waals surface area contributed by atoms with Crippen molar-refractivity contribution in [2.24, 2.45) is 50.7 Å². The Bertz CT molecular complexity index is 934. The minimum Gasteiger partial charge on any atom is -0.481 e. The van der Waals surface area contributed by atoms with Gasteiger partial charge in [0, 0.05) is 11.8 Å². The van der Waals surface area contributed by atoms with Crippen molar-refractivity contribution in [2.75, 3.05) is 0 Å². The number of fused-ring (bicyclic) bond motifs is 2. The molecule has 6 nitrogen and oxygen atoms in total. The highest BCUT2D eigenvalue weighted by Gasteiger charge is 2.85. The van der Waals surface area contributed by atoms with Crippen LogP contribution in [0.25, 0.3) is 0 Å². The quantitative estimate of drug-likeness (QED) is 0.202. The third-order valence-electron chi connectivity index (χ3n) is 13.6. The minimum atomic E-state index is -1.18. The summed E-state index contributed by atoms with van der Waals surface area (Å²) in [5, 5.41) is 41.8. The molecule has 0 saturated heterocycles. The summed E-state index contributed by atoms with van der Waals surface area (Å²) in [6.45, 7) is 15.0. The van der Waals surface area contributed by atoms with E-state index in [4.69, 9.17) is 0 Å². The van der Waals surface area contributed by atoms with Gasteiger partial charge in [0.05, 0.1) is 17.6 Å². The molecule has 0 radical (unpaired) electrons. The van der Waals surface area contributed by atoms with Crippen LogP contribution < -0.4 is 0 Å². The van der Waals surface area contributed by atoms with Crippen LogP contribution >= 0.6 is 0 Å². The number of hydrogen-bond donors (Lipinski definition) is 4. The first-order valence-electron chi connectivity index (χ1n) is 14.3. The molecule has 2 spiro atoms. The number of aliphatic hydroxyl groups is 2. The first-order valence-corrected chi connectivity index (χ1v) is 14.3. The van der Waals surface area contributed by atoms with Crippen LogP contribution in [0.2, 0.25) is 0 Å². The summed E-state index contributed by atoms with van der Waals surface area (Å²) in [5.74, 6) is 0.522. The van der Waals surface area contributed by atoms with E-state index in [1.807, 2.05) is 6.92 Å². The van der Waals surface area contributed by atoms with E-state index < -0.39 is 23.6 Å². The van der Waals surface area contributed by atoms with Crippen LogP contribution in [0.3, 0.4) is 0 Å². The maximum absolute atomic E-state index is 12.5. The highest BCUT2D eigenvalue weighted by molar-refractivity contribution is 5.76. The molecule has 12 atom stereocenters. The zero-order chi connectivity index (χ0) is 26.5. The molecular formula is C30H48O6. The Balaban J connectivity index is 1.42. The second kappa shape index (κ2) is 8.27. The van der Waals surface area contributed by atoms with Gasteiger partial charge in [0.25, 0.3) is 0 Å². The lowest BCUT2D eigenvalue weighted by Crippen LogP contribution is -2.63. The van der Waals surface area contributed by atoms with Crippen molar-refractivity contribution in [3.8, 4) is 0 Å². The summed E-state index contributed by atoms with van der Waals surface area (Å²) in [7, 11) is 0. The first kappa shape index (κ1) is 26.6. The van der Waals surface area contributed by atoms with Crippen molar-refractivity contribution in [1.82, 2.24) is 0 Å². The second-order valence-electron chi connectivity index (χ2n) is 14.4. The third kappa shape index (κ3) is 3.02. The molecule has 5 saturated carbocycles. The molecular weight excluding hydrogens is 456 g/mol. The average Bonchev–Trinajstić information content (AvgIpc) is 3.42. The zero-order valence-corrected chi connectivity index (χ0v) is 22.9. The lowest BCUT2D eigenvalue weighted by Gasteiger charge is -2.63. The Morgan fingerprint density at radius 3 is 2.28 bits per heavy atom. The van der Waals surface area contributed by atoms with Gasteiger partial charge in [-0.2, -0.15) is 0 Å². The van der Waals surface area contributed by atoms with E-state index in [-0.39, 0.29) is 40.1 Å². The van der Waals surface area contributed by atoms with Gasteiger partial charge in [-0.1, -0.05) is 27.4 Å². The molecule has 6 heteroatoms. The maximum atomic E-state index is 12.5. The Morgan fingerprint density at radius 2 is 1.67 bits per heavy atom. The third-order valence-corrected chi connectivity index (χ3v) is 13.6. The van der Waals surface area contributed by atoms with Gasteiger partial charge >= 0.3 is 5.97 Å². The Kier molecular flexibility index (Phi) is 6.12. The molecule has 5 aliphatic rings. The van der Waals surface area contributed by atoms with Crippen LogP contribution in [0.4, 0.5) is 0 Å². The lowest BCUT2D eigenvalue weighted by molar-refractivity contribution is -0.270. The standard InChI is InChI=1S/C30H48O6/c1-17(2)20(36-35)8-7-18(3)19-11-12-27(5)21-9-10-22-28(6,25(33)34)23(31)15-24(32)30(22)16-29(21,30)14-13-26(19,27)4/h18-24,31-32,35H,1,7-16H2,2-6H3,(H,33,34). The molecule has 0 aromatic rings. The summed E-state index contributed by atoms with van der Waals surface area (Å²) in [6.07, 6.45) is 7.27. The fourth-order valence-electron chi connectivity index (χ4n) is 11.3. The lowest BCUT2D eigenvalue weighted by atomic mass is 9.41. The highest BCUT2D eigenvalue weighted by atomic mass is 17.1. The monoisotopic (exact) mass is 504 g/mol. The Labute approximate surface area is 216 Å². The number of carboxylic acids is 1. The van der Waals surface area contributed by atoms with E-state index in [1.54, 1.807) is 6.92 Å². The average molecular weight is 505 g/mol. The van der Waals surface area contributed by atoms with Crippen LogP contribution in [-0.4, -0.2) is 44.9 Å². The number of carboxylic acid groups (broad SMARTS) is 1. The predicted molar refractivity (Wildman–Crippen MR) is 137 cm³/mol. The zero-order valence-electron chi connectivity index (χ0n) is 22.9. The largest absolute Gasteiger partial charge is 0.481 e. The van der Waals surface area contributed by atoms with Gasteiger partial charge in [-0.3, -0.25) is 10.1 Å². The summed E-state index contributed by atoms with van der Waals surface area (Å²) in [5.41, 5.74) is -0.316. The highest BCUT2D eigenvalue weighted by Crippen LogP contribution is 2.89. The van der Waals surface area contributed by atoms with Gasteiger partial charge in [-0.15, -0.1) is 0 Å². The van der Waals surface area contributed by atoms with E-state index in [1.165, 1.54) is 12.8 Å². The molecule has 36 heavy (non-hydrogen) atoms. The predicted octanol–water partition coefficient (Wildman–Crippen LogP) is 5.67. The van der Waals surface area contributed by atoms with Gasteiger partial charge in [0.2, 0.25) is 0 Å². The van der Waals surface area contributed by atoms with Gasteiger partial charge in [0.1, 0.15) is 6.10 Å². The molecule has 0 bridgehead atoms. The van der Waals surface area contributed by atoms with Gasteiger partial charge < -0.3 is 15.3 Å². The van der Waals surface area contributed by atoms with Crippen molar-refractivity contribution in [3.63, 3.8) is 0 Å². The number of aliphatic carboxylic acids is 1. The van der Waals surface area contributed by atoms with Crippen LogP contribution in [0.15, 0.2) is 12.2 Å². The molecule has 4 N–H and O–H groups in total. The van der Waals surface area contributed by atoms with Crippen LogP contribution in [-0.2, 0) is 9.68 Å². The maximum Gasteiger partial charge on any atom is 0.312 e. The van der Waals surface area contributed by atoms with Crippen LogP contribution in [0, 0.1) is 50.7 Å². The smallest absolute Gasteiger partial charge is 0.312 e. The van der Waals surface area contributed by atoms with E-state index in [9.17, 15) is 25.4 Å². The van der Waals surface area contributed by atoms with E-state index in [2.05, 4.69) is 32.2 Å². The van der Waals surface area contributed by atoms with E-state index >= 15 is 0 Å². The van der Waals surface area contributed by atoms with Gasteiger partial charge in [-0.25, -0.2) is 4.89 Å². The number of hydrogen-bond acceptors (Lipinski definition) is 5. The van der Waals surface area contributed by atoms with Crippen molar-refractivity contribution < 1.29 is 30.3 Å². The number of rotatable bonds is 7. The summed E-state index contributed by atoms with van der Waals surface area (Å²) < 4.78 is 0. The number of carbonyl (C=O) groups is 1. The molecule has 12 unspecified atom stereocenters. The van der Waals surface area contributed by atoms with Gasteiger partial charge in [0.15, 0.2) is 0 Å². The fraction of sp³-hybridized carbons (Fsp3) is 0.900. The van der Waals surface area contributed by atoms with Gasteiger partial charge in [-0.05, 0) is 117 Å². The molecule has 0 amide bonds. The summed E-state index contributed by atoms with van der Waals surface area (Å²) in [4.78, 5) is 17.2. The topological polar surface area (TPSA) is 107 Å². The van der Waals surface area contributed by atoms with Crippen molar-refractivity contribution in [2.45, 2.75) is 117 Å². The van der Waals surface area contributed by atoms with Crippen LogP contribution in [0.1, 0.15) is 98.8 Å². The normalized spacial score (nSPS) is 52.8. The number of aliphatic hydroxyl groups excluding tert-OH is 2. The fourth-order valence-corrected chi connectivity index (χ4v) is 11.3. The van der Waals surface area contributed by atoms with E-state index in [0.29, 0.717) is 17.8 Å². The molecule has 0 aromatic heterocycles. The summed E-state index contributed by atoms with van der Waals surface area (Å²) in [6, 6.07) is 0. The van der Waals surface area contributed by atoms with E-state index in [0.717, 1.165) is 50.5 Å². The molecule has 5 fully saturated rings. The molecule has 0 aromatic carbocycles. The molecule has 0 aliphatic heterocycles. The van der Waals surface area contributed by atoms with Crippen LogP contribution in [0.5, 0.6) is 0 Å². The molecule has 5 aliphatic carbocycles. The Morgan fingerprint density at radius 1 is 1.00 bits per heavy atom. The molecule has 5 rings (SSSR count). The van der Waals surface area contributed by atoms with Crippen molar-refractivity contribution in [3.05, 3.63) is 12.2 Å².